The first-order valence-electron chi connectivity index (χ1n) is 10.3. The average Bonchev–Trinajstić information content (AvgIpc) is 3.30. The maximum absolute atomic E-state index is 12.7. The highest BCUT2D eigenvalue weighted by Gasteiger charge is 2.29. The van der Waals surface area contributed by atoms with Gasteiger partial charge in [0.25, 0.3) is 5.91 Å². The summed E-state index contributed by atoms with van der Waals surface area (Å²) in [6.45, 7) is 3.80. The molecule has 156 valence electrons. The number of rotatable bonds is 6. The predicted octanol–water partition coefficient (Wildman–Crippen LogP) is 2.02. The van der Waals surface area contributed by atoms with E-state index in [4.69, 9.17) is 4.74 Å². The van der Waals surface area contributed by atoms with Gasteiger partial charge in [-0.15, -0.1) is 0 Å². The zero-order valence-electron chi connectivity index (χ0n) is 17.1. The molecule has 4 heterocycles. The molecule has 2 N–H and O–H groups in total. The number of hydrogen-bond donors (Lipinski definition) is 2. The monoisotopic (exact) mass is 407 g/mol. The van der Waals surface area contributed by atoms with Crippen molar-refractivity contribution >= 4 is 23.1 Å². The molecule has 2 fully saturated rings. The number of fused-ring (bicyclic) bond motifs is 1. The molecule has 1 saturated carbocycles. The number of pyridine rings is 1. The van der Waals surface area contributed by atoms with E-state index in [1.807, 2.05) is 17.5 Å². The summed E-state index contributed by atoms with van der Waals surface area (Å²) in [4.78, 5) is 28.2. The lowest BCUT2D eigenvalue weighted by molar-refractivity contribution is 0.102. The molecule has 0 spiro atoms. The lowest BCUT2D eigenvalue weighted by Gasteiger charge is -2.17. The molecule has 1 atom stereocenters. The van der Waals surface area contributed by atoms with E-state index >= 15 is 0 Å². The van der Waals surface area contributed by atoms with Crippen LogP contribution >= 0.6 is 0 Å². The first kappa shape index (κ1) is 18.8. The van der Waals surface area contributed by atoms with Crippen LogP contribution in [0.2, 0.25) is 0 Å². The molecule has 3 aromatic heterocycles. The molecule has 1 amide bonds. The normalized spacial score (nSPS) is 18.7. The molecule has 5 rings (SSSR count). The van der Waals surface area contributed by atoms with Crippen LogP contribution in [0.25, 0.3) is 5.65 Å². The Balaban J connectivity index is 1.28. The molecule has 0 aromatic carbocycles. The summed E-state index contributed by atoms with van der Waals surface area (Å²) in [7, 11) is 1.56. The Morgan fingerprint density at radius 2 is 2.03 bits per heavy atom. The first-order chi connectivity index (χ1) is 14.6. The molecule has 30 heavy (non-hydrogen) atoms. The van der Waals surface area contributed by atoms with Crippen molar-refractivity contribution in [1.82, 2.24) is 24.7 Å². The summed E-state index contributed by atoms with van der Waals surface area (Å²) < 4.78 is 7.26. The number of nitrogens with zero attached hydrogens (tertiary/aromatic N) is 5. The minimum atomic E-state index is -0.335. The summed E-state index contributed by atoms with van der Waals surface area (Å²) in [5.74, 6) is 1.01. The Hall–Kier alpha value is -3.20. The molecule has 2 aliphatic rings. The molecule has 9 nitrogen and oxygen atoms in total. The fourth-order valence-electron chi connectivity index (χ4n) is 3.88. The van der Waals surface area contributed by atoms with Crippen molar-refractivity contribution in [2.75, 3.05) is 30.4 Å². The third kappa shape index (κ3) is 3.80. The maximum atomic E-state index is 12.7. The Bertz CT molecular complexity index is 1070. The second kappa shape index (κ2) is 7.56. The van der Waals surface area contributed by atoms with Gasteiger partial charge in [0.1, 0.15) is 28.6 Å². The van der Waals surface area contributed by atoms with Crippen LogP contribution in [0.1, 0.15) is 35.4 Å². The summed E-state index contributed by atoms with van der Waals surface area (Å²) >= 11 is 0. The van der Waals surface area contributed by atoms with E-state index in [-0.39, 0.29) is 11.6 Å². The average molecular weight is 407 g/mol. The molecular weight excluding hydrogens is 382 g/mol. The SMILES string of the molecule is COc1cc2nc(C)cn2cc1NC(=O)c1cnc(N2CC[C@@H](NC3CC3)C2)cn1. The summed E-state index contributed by atoms with van der Waals surface area (Å²) in [6.07, 6.45) is 10.6. The van der Waals surface area contributed by atoms with Gasteiger partial charge >= 0.3 is 0 Å². The Morgan fingerprint density at radius 3 is 2.77 bits per heavy atom. The molecule has 0 radical (unpaired) electrons. The Morgan fingerprint density at radius 1 is 1.17 bits per heavy atom. The summed E-state index contributed by atoms with van der Waals surface area (Å²) in [5, 5.41) is 6.53. The zero-order chi connectivity index (χ0) is 20.7. The molecule has 1 aliphatic carbocycles. The van der Waals surface area contributed by atoms with E-state index in [9.17, 15) is 4.79 Å². The smallest absolute Gasteiger partial charge is 0.276 e. The molecule has 1 aliphatic heterocycles. The molecule has 0 bridgehead atoms. The van der Waals surface area contributed by atoms with Crippen molar-refractivity contribution in [3.8, 4) is 5.75 Å². The van der Waals surface area contributed by atoms with Crippen molar-refractivity contribution in [3.05, 3.63) is 42.2 Å². The molecule has 0 unspecified atom stereocenters. The van der Waals surface area contributed by atoms with Gasteiger partial charge in [-0.2, -0.15) is 0 Å². The molecule has 9 heteroatoms. The van der Waals surface area contributed by atoms with Crippen molar-refractivity contribution in [3.63, 3.8) is 0 Å². The maximum Gasteiger partial charge on any atom is 0.276 e. The van der Waals surface area contributed by atoms with Gasteiger partial charge in [-0.05, 0) is 26.2 Å². The predicted molar refractivity (Wildman–Crippen MR) is 113 cm³/mol. The lowest BCUT2D eigenvalue weighted by atomic mass is 10.2. The van der Waals surface area contributed by atoms with E-state index < -0.39 is 0 Å². The largest absolute Gasteiger partial charge is 0.494 e. The number of amides is 1. The quantitative estimate of drug-likeness (QED) is 0.645. The molecular formula is C21H25N7O2. The van der Waals surface area contributed by atoms with Crippen LogP contribution in [0.3, 0.4) is 0 Å². The highest BCUT2D eigenvalue weighted by molar-refractivity contribution is 6.03. The number of methoxy groups -OCH3 is 1. The Labute approximate surface area is 174 Å². The van der Waals surface area contributed by atoms with Gasteiger partial charge in [0.15, 0.2) is 0 Å². The van der Waals surface area contributed by atoms with Gasteiger partial charge in [0.2, 0.25) is 0 Å². The van der Waals surface area contributed by atoms with Crippen LogP contribution in [0.4, 0.5) is 11.5 Å². The van der Waals surface area contributed by atoms with Crippen molar-refractivity contribution < 1.29 is 9.53 Å². The van der Waals surface area contributed by atoms with Crippen LogP contribution in [-0.4, -0.2) is 57.5 Å². The van der Waals surface area contributed by atoms with E-state index in [1.54, 1.807) is 25.6 Å². The number of anilines is 2. The number of ether oxygens (including phenoxy) is 1. The van der Waals surface area contributed by atoms with Crippen LogP contribution < -0.4 is 20.3 Å². The van der Waals surface area contributed by atoms with Gasteiger partial charge in [0.05, 0.1) is 25.2 Å². The van der Waals surface area contributed by atoms with Crippen LogP contribution in [0.15, 0.2) is 30.9 Å². The number of carbonyl (C=O) groups is 1. The lowest BCUT2D eigenvalue weighted by Crippen LogP contribution is -2.34. The number of hydrogen-bond acceptors (Lipinski definition) is 7. The fraction of sp³-hybridized carbons (Fsp3) is 0.429. The number of imidazole rings is 1. The number of carbonyl (C=O) groups excluding carboxylic acids is 1. The standard InChI is InChI=1S/C21H25N7O2/c1-13-10-28-12-17(18(30-2)7-19(28)24-13)26-21(29)16-8-23-20(9-22-16)27-6-5-15(11-27)25-14-3-4-14/h7-10,12,14-15,25H,3-6,11H2,1-2H3,(H,26,29)/t15-/m1/s1. The van der Waals surface area contributed by atoms with Crippen molar-refractivity contribution in [1.29, 1.82) is 0 Å². The fourth-order valence-corrected chi connectivity index (χ4v) is 3.88. The molecule has 1 saturated heterocycles. The van der Waals surface area contributed by atoms with Gasteiger partial charge < -0.3 is 24.7 Å². The zero-order valence-corrected chi connectivity index (χ0v) is 17.1. The van der Waals surface area contributed by atoms with E-state index in [2.05, 4.69) is 30.5 Å². The van der Waals surface area contributed by atoms with Gasteiger partial charge in [-0.3, -0.25) is 4.79 Å². The number of aryl methyl sites for hydroxylation is 1. The number of nitrogens with one attached hydrogen (secondary N) is 2. The minimum absolute atomic E-state index is 0.259. The van der Waals surface area contributed by atoms with E-state index in [0.717, 1.165) is 36.7 Å². The topological polar surface area (TPSA) is 96.7 Å². The summed E-state index contributed by atoms with van der Waals surface area (Å²) in [5.41, 5.74) is 2.45. The Kier molecular flexibility index (Phi) is 4.74. The molecule has 3 aromatic rings. The van der Waals surface area contributed by atoms with Gasteiger partial charge in [-0.1, -0.05) is 0 Å². The third-order valence-electron chi connectivity index (χ3n) is 5.58. The highest BCUT2D eigenvalue weighted by Crippen LogP contribution is 2.27. The van der Waals surface area contributed by atoms with Crippen LogP contribution in [-0.2, 0) is 0 Å². The van der Waals surface area contributed by atoms with Crippen LogP contribution in [0, 0.1) is 6.92 Å². The van der Waals surface area contributed by atoms with E-state index in [0.29, 0.717) is 23.5 Å². The van der Waals surface area contributed by atoms with E-state index in [1.165, 1.54) is 19.0 Å². The highest BCUT2D eigenvalue weighted by atomic mass is 16.5. The third-order valence-corrected chi connectivity index (χ3v) is 5.58. The second-order valence-corrected chi connectivity index (χ2v) is 7.99. The second-order valence-electron chi connectivity index (χ2n) is 7.99. The van der Waals surface area contributed by atoms with Gasteiger partial charge in [-0.25, -0.2) is 15.0 Å². The minimum Gasteiger partial charge on any atom is -0.494 e. The van der Waals surface area contributed by atoms with Crippen molar-refractivity contribution in [2.24, 2.45) is 0 Å². The summed E-state index contributed by atoms with van der Waals surface area (Å²) in [6, 6.07) is 3.00. The van der Waals surface area contributed by atoms with Crippen molar-refractivity contribution in [2.45, 2.75) is 38.3 Å². The van der Waals surface area contributed by atoms with Gasteiger partial charge in [0, 0.05) is 43.6 Å². The first-order valence-corrected chi connectivity index (χ1v) is 10.3. The van der Waals surface area contributed by atoms with Crippen LogP contribution in [0.5, 0.6) is 5.75 Å². The number of aromatic nitrogens is 4.